The van der Waals surface area contributed by atoms with E-state index >= 15 is 0 Å². The quantitative estimate of drug-likeness (QED) is 0.749. The van der Waals surface area contributed by atoms with E-state index in [1.165, 1.54) is 19.0 Å². The number of allylic oxidation sites excluding steroid dienone is 1. The standard InChI is InChI=1S/C11H14N4O2/c1-7(16)10-8(17-3)6-9-13-11(2,12)4-5-15(9)14-10/h4-6H,12H2,1-3H3. The molecule has 0 aliphatic carbocycles. The Labute approximate surface area is 99.1 Å². The summed E-state index contributed by atoms with van der Waals surface area (Å²) in [6, 6.07) is 0. The summed E-state index contributed by atoms with van der Waals surface area (Å²) in [5.74, 6) is 0.796. The summed E-state index contributed by atoms with van der Waals surface area (Å²) in [7, 11) is 1.49. The van der Waals surface area contributed by atoms with Crippen molar-refractivity contribution in [2.24, 2.45) is 15.8 Å². The first-order valence-corrected chi connectivity index (χ1v) is 5.16. The maximum Gasteiger partial charge on any atom is 0.183 e. The largest absolute Gasteiger partial charge is 0.494 e. The fourth-order valence-corrected chi connectivity index (χ4v) is 1.56. The molecule has 0 bridgehead atoms. The number of Topliss-reactive ketones (excluding diaryl/α,β-unsaturated/α-hetero) is 1. The Balaban J connectivity index is 2.44. The summed E-state index contributed by atoms with van der Waals surface area (Å²) in [5, 5.41) is 5.66. The van der Waals surface area contributed by atoms with Gasteiger partial charge in [-0.2, -0.15) is 5.10 Å². The number of nitrogens with two attached hydrogens (primary N) is 1. The SMILES string of the molecule is COC1=CC2=NC(C)(N)C=CN2N=C1C(C)=O. The maximum atomic E-state index is 11.4. The van der Waals surface area contributed by atoms with E-state index in [1.54, 1.807) is 25.3 Å². The van der Waals surface area contributed by atoms with Crippen LogP contribution in [-0.2, 0) is 9.53 Å². The summed E-state index contributed by atoms with van der Waals surface area (Å²) in [5.41, 5.74) is 5.39. The highest BCUT2D eigenvalue weighted by Gasteiger charge is 2.27. The van der Waals surface area contributed by atoms with E-state index in [0.29, 0.717) is 11.6 Å². The minimum absolute atomic E-state index is 0.161. The maximum absolute atomic E-state index is 11.4. The molecule has 0 aromatic rings. The predicted molar refractivity (Wildman–Crippen MR) is 64.2 cm³/mol. The van der Waals surface area contributed by atoms with Crippen molar-refractivity contribution in [1.82, 2.24) is 5.01 Å². The molecular formula is C11H14N4O2. The van der Waals surface area contributed by atoms with Crippen LogP contribution in [0.1, 0.15) is 13.8 Å². The first kappa shape index (κ1) is 11.5. The molecule has 0 spiro atoms. The summed E-state index contributed by atoms with van der Waals surface area (Å²) in [6.45, 7) is 3.22. The van der Waals surface area contributed by atoms with Crippen molar-refractivity contribution in [2.75, 3.05) is 7.11 Å². The van der Waals surface area contributed by atoms with Crippen LogP contribution in [0.25, 0.3) is 0 Å². The molecule has 2 aliphatic rings. The highest BCUT2D eigenvalue weighted by Crippen LogP contribution is 2.19. The molecule has 17 heavy (non-hydrogen) atoms. The molecule has 1 unspecified atom stereocenters. The molecular weight excluding hydrogens is 220 g/mol. The fourth-order valence-electron chi connectivity index (χ4n) is 1.56. The summed E-state index contributed by atoms with van der Waals surface area (Å²) >= 11 is 0. The molecule has 0 fully saturated rings. The van der Waals surface area contributed by atoms with Crippen LogP contribution in [0, 0.1) is 0 Å². The lowest BCUT2D eigenvalue weighted by molar-refractivity contribution is -0.111. The first-order valence-electron chi connectivity index (χ1n) is 5.16. The normalized spacial score (nSPS) is 26.8. The molecule has 2 heterocycles. The van der Waals surface area contributed by atoms with Gasteiger partial charge in [0.1, 0.15) is 5.66 Å². The van der Waals surface area contributed by atoms with Crippen LogP contribution in [0.2, 0.25) is 0 Å². The van der Waals surface area contributed by atoms with Gasteiger partial charge in [0.2, 0.25) is 0 Å². The molecule has 90 valence electrons. The monoisotopic (exact) mass is 234 g/mol. The van der Waals surface area contributed by atoms with Crippen molar-refractivity contribution in [2.45, 2.75) is 19.5 Å². The van der Waals surface area contributed by atoms with Crippen molar-refractivity contribution < 1.29 is 9.53 Å². The van der Waals surface area contributed by atoms with E-state index in [1.807, 2.05) is 0 Å². The molecule has 0 saturated carbocycles. The number of amidine groups is 1. The van der Waals surface area contributed by atoms with Crippen LogP contribution in [-0.4, -0.2) is 35.1 Å². The van der Waals surface area contributed by atoms with Crippen molar-refractivity contribution in [3.05, 3.63) is 24.1 Å². The van der Waals surface area contributed by atoms with Crippen molar-refractivity contribution in [1.29, 1.82) is 0 Å². The fraction of sp³-hybridized carbons (Fsp3) is 0.364. The minimum Gasteiger partial charge on any atom is -0.494 e. The number of hydrazone groups is 1. The Morgan fingerprint density at radius 2 is 2.29 bits per heavy atom. The molecule has 2 N–H and O–H groups in total. The number of methoxy groups -OCH3 is 1. The molecule has 2 rings (SSSR count). The van der Waals surface area contributed by atoms with Gasteiger partial charge in [0.05, 0.1) is 7.11 Å². The molecule has 0 aromatic heterocycles. The average Bonchev–Trinajstić information content (AvgIpc) is 2.25. The Bertz CT molecular complexity index is 486. The van der Waals surface area contributed by atoms with Crippen LogP contribution in [0.5, 0.6) is 0 Å². The van der Waals surface area contributed by atoms with Gasteiger partial charge in [0, 0.05) is 19.2 Å². The van der Waals surface area contributed by atoms with E-state index in [0.717, 1.165) is 0 Å². The zero-order valence-corrected chi connectivity index (χ0v) is 9.97. The number of ketones is 1. The number of ether oxygens (including phenoxy) is 1. The number of carbonyl (C=O) groups is 1. The van der Waals surface area contributed by atoms with Gasteiger partial charge in [0.15, 0.2) is 23.1 Å². The molecule has 1 atom stereocenters. The van der Waals surface area contributed by atoms with E-state index < -0.39 is 5.66 Å². The lowest BCUT2D eigenvalue weighted by atomic mass is 10.1. The Hall–Kier alpha value is -1.95. The van der Waals surface area contributed by atoms with Gasteiger partial charge in [-0.25, -0.2) is 10.0 Å². The third-order valence-electron chi connectivity index (χ3n) is 2.40. The van der Waals surface area contributed by atoms with Crippen LogP contribution >= 0.6 is 0 Å². The summed E-state index contributed by atoms with van der Waals surface area (Å²) < 4.78 is 5.12. The second kappa shape index (κ2) is 3.81. The summed E-state index contributed by atoms with van der Waals surface area (Å²) in [6.07, 6.45) is 5.05. The van der Waals surface area contributed by atoms with Gasteiger partial charge in [0.25, 0.3) is 0 Å². The Kier molecular flexibility index (Phi) is 2.59. The van der Waals surface area contributed by atoms with Crippen LogP contribution < -0.4 is 5.73 Å². The lowest BCUT2D eigenvalue weighted by Gasteiger charge is -2.29. The van der Waals surface area contributed by atoms with Gasteiger partial charge in [-0.3, -0.25) is 4.79 Å². The van der Waals surface area contributed by atoms with Crippen LogP contribution in [0.15, 0.2) is 34.2 Å². The van der Waals surface area contributed by atoms with Crippen molar-refractivity contribution >= 4 is 17.3 Å². The van der Waals surface area contributed by atoms with Gasteiger partial charge in [-0.1, -0.05) is 0 Å². The molecule has 0 radical (unpaired) electrons. The Morgan fingerprint density at radius 1 is 1.59 bits per heavy atom. The zero-order chi connectivity index (χ0) is 12.6. The number of fused-ring (bicyclic) bond motifs is 1. The van der Waals surface area contributed by atoms with Crippen molar-refractivity contribution in [3.63, 3.8) is 0 Å². The van der Waals surface area contributed by atoms with E-state index in [-0.39, 0.29) is 11.5 Å². The van der Waals surface area contributed by atoms with E-state index in [2.05, 4.69) is 10.1 Å². The van der Waals surface area contributed by atoms with Crippen molar-refractivity contribution in [3.8, 4) is 0 Å². The smallest absolute Gasteiger partial charge is 0.183 e. The lowest BCUT2D eigenvalue weighted by Crippen LogP contribution is -2.41. The number of hydrogen-bond donors (Lipinski definition) is 1. The van der Waals surface area contributed by atoms with Gasteiger partial charge in [-0.05, 0) is 13.0 Å². The Morgan fingerprint density at radius 3 is 2.88 bits per heavy atom. The third kappa shape index (κ3) is 2.12. The van der Waals surface area contributed by atoms with Gasteiger partial charge in [-0.15, -0.1) is 0 Å². The zero-order valence-electron chi connectivity index (χ0n) is 9.97. The van der Waals surface area contributed by atoms with Gasteiger partial charge < -0.3 is 10.5 Å². The van der Waals surface area contributed by atoms with Gasteiger partial charge >= 0.3 is 0 Å². The molecule has 6 heteroatoms. The predicted octanol–water partition coefficient (Wildman–Crippen LogP) is 0.378. The highest BCUT2D eigenvalue weighted by atomic mass is 16.5. The molecule has 6 nitrogen and oxygen atoms in total. The second-order valence-electron chi connectivity index (χ2n) is 4.07. The number of nitrogens with zero attached hydrogens (tertiary/aromatic N) is 3. The van der Waals surface area contributed by atoms with Crippen LogP contribution in [0.3, 0.4) is 0 Å². The first-order chi connectivity index (χ1) is 7.93. The number of rotatable bonds is 2. The number of carbonyl (C=O) groups excluding carboxylic acids is 1. The van der Waals surface area contributed by atoms with E-state index in [4.69, 9.17) is 10.5 Å². The molecule has 2 aliphatic heterocycles. The highest BCUT2D eigenvalue weighted by molar-refractivity contribution is 6.46. The number of hydrogen-bond acceptors (Lipinski definition) is 6. The molecule has 0 amide bonds. The molecule has 0 aromatic carbocycles. The number of aliphatic imine (C=N–C) groups is 1. The summed E-state index contributed by atoms with van der Waals surface area (Å²) in [4.78, 5) is 15.7. The minimum atomic E-state index is -0.759. The second-order valence-corrected chi connectivity index (χ2v) is 4.07. The average molecular weight is 234 g/mol. The molecule has 0 saturated heterocycles. The third-order valence-corrected chi connectivity index (χ3v) is 2.40. The van der Waals surface area contributed by atoms with Crippen LogP contribution in [0.4, 0.5) is 0 Å². The van der Waals surface area contributed by atoms with E-state index in [9.17, 15) is 4.79 Å². The topological polar surface area (TPSA) is 80.3 Å².